The summed E-state index contributed by atoms with van der Waals surface area (Å²) in [6, 6.07) is 2.93. The molecule has 0 saturated heterocycles. The molecule has 0 aromatic heterocycles. The van der Waals surface area contributed by atoms with E-state index in [1.165, 1.54) is 6.07 Å². The second-order valence-electron chi connectivity index (χ2n) is 3.36. The van der Waals surface area contributed by atoms with Gasteiger partial charge in [-0.15, -0.1) is 0 Å². The molecular formula is C11H16FNO. The van der Waals surface area contributed by atoms with E-state index in [1.807, 2.05) is 13.8 Å². The Morgan fingerprint density at radius 3 is 2.64 bits per heavy atom. The zero-order valence-electron chi connectivity index (χ0n) is 8.80. The van der Waals surface area contributed by atoms with Crippen molar-refractivity contribution in [2.24, 2.45) is 5.73 Å². The first kappa shape index (κ1) is 11.0. The van der Waals surface area contributed by atoms with Crippen LogP contribution in [-0.2, 0) is 0 Å². The van der Waals surface area contributed by atoms with Gasteiger partial charge in [0.05, 0.1) is 6.61 Å². The van der Waals surface area contributed by atoms with E-state index in [9.17, 15) is 4.39 Å². The average Bonchev–Trinajstić information content (AvgIpc) is 2.11. The molecule has 0 amide bonds. The van der Waals surface area contributed by atoms with Crippen molar-refractivity contribution in [3.8, 4) is 5.75 Å². The van der Waals surface area contributed by atoms with Gasteiger partial charge in [0, 0.05) is 11.6 Å². The van der Waals surface area contributed by atoms with Crippen LogP contribution >= 0.6 is 0 Å². The van der Waals surface area contributed by atoms with Gasteiger partial charge in [-0.05, 0) is 38.5 Å². The molecule has 0 aliphatic carbocycles. The molecule has 0 aliphatic rings. The smallest absolute Gasteiger partial charge is 0.126 e. The van der Waals surface area contributed by atoms with Gasteiger partial charge in [0.25, 0.3) is 0 Å². The zero-order chi connectivity index (χ0) is 10.7. The Kier molecular flexibility index (Phi) is 3.47. The Balaban J connectivity index is 3.17. The minimum Gasteiger partial charge on any atom is -0.494 e. The van der Waals surface area contributed by atoms with Crippen LogP contribution in [0.25, 0.3) is 0 Å². The van der Waals surface area contributed by atoms with Crippen molar-refractivity contribution in [1.82, 2.24) is 0 Å². The summed E-state index contributed by atoms with van der Waals surface area (Å²) in [5, 5.41) is 0. The maximum absolute atomic E-state index is 13.2. The Morgan fingerprint density at radius 1 is 1.50 bits per heavy atom. The molecule has 0 saturated carbocycles. The minimum atomic E-state index is -0.235. The molecule has 1 atom stereocenters. The van der Waals surface area contributed by atoms with Crippen LogP contribution in [0.5, 0.6) is 5.75 Å². The van der Waals surface area contributed by atoms with Crippen LogP contribution < -0.4 is 10.5 Å². The van der Waals surface area contributed by atoms with Gasteiger partial charge >= 0.3 is 0 Å². The van der Waals surface area contributed by atoms with Crippen LogP contribution in [0.3, 0.4) is 0 Å². The van der Waals surface area contributed by atoms with Crippen molar-refractivity contribution >= 4 is 0 Å². The summed E-state index contributed by atoms with van der Waals surface area (Å²) in [6.45, 7) is 5.98. The Morgan fingerprint density at radius 2 is 2.14 bits per heavy atom. The third-order valence-corrected chi connectivity index (χ3v) is 2.08. The first-order valence-corrected chi connectivity index (χ1v) is 4.74. The molecule has 0 spiro atoms. The van der Waals surface area contributed by atoms with Crippen LogP contribution in [-0.4, -0.2) is 6.61 Å². The molecular weight excluding hydrogens is 181 g/mol. The number of nitrogens with two attached hydrogens (primary N) is 1. The first-order chi connectivity index (χ1) is 6.56. The molecule has 1 rings (SSSR count). The lowest BCUT2D eigenvalue weighted by molar-refractivity contribution is 0.333. The van der Waals surface area contributed by atoms with Gasteiger partial charge in [-0.25, -0.2) is 4.39 Å². The second-order valence-corrected chi connectivity index (χ2v) is 3.36. The summed E-state index contributed by atoms with van der Waals surface area (Å²) in [5.41, 5.74) is 7.02. The molecule has 0 fully saturated rings. The Hall–Kier alpha value is -1.09. The molecule has 0 heterocycles. The molecule has 0 radical (unpaired) electrons. The summed E-state index contributed by atoms with van der Waals surface area (Å²) in [6.07, 6.45) is 0. The van der Waals surface area contributed by atoms with E-state index in [-0.39, 0.29) is 11.9 Å². The lowest BCUT2D eigenvalue weighted by Gasteiger charge is -2.14. The number of hydrogen-bond donors (Lipinski definition) is 1. The summed E-state index contributed by atoms with van der Waals surface area (Å²) in [7, 11) is 0. The zero-order valence-corrected chi connectivity index (χ0v) is 8.80. The van der Waals surface area contributed by atoms with E-state index >= 15 is 0 Å². The van der Waals surface area contributed by atoms with Gasteiger partial charge in [0.15, 0.2) is 0 Å². The van der Waals surface area contributed by atoms with Crippen LogP contribution in [0.2, 0.25) is 0 Å². The van der Waals surface area contributed by atoms with Crippen molar-refractivity contribution in [1.29, 1.82) is 0 Å². The number of ether oxygens (including phenoxy) is 1. The van der Waals surface area contributed by atoms with Gasteiger partial charge in [0.1, 0.15) is 11.6 Å². The second kappa shape index (κ2) is 4.42. The van der Waals surface area contributed by atoms with Crippen molar-refractivity contribution in [2.75, 3.05) is 6.61 Å². The largest absolute Gasteiger partial charge is 0.494 e. The quantitative estimate of drug-likeness (QED) is 0.808. The molecule has 3 heteroatoms. The molecule has 1 aromatic rings. The average molecular weight is 197 g/mol. The number of rotatable bonds is 3. The number of aryl methyl sites for hydroxylation is 1. The SMILES string of the molecule is CCOc1cc(C)c(F)cc1[C@H](C)N. The first-order valence-electron chi connectivity index (χ1n) is 4.74. The Labute approximate surface area is 83.9 Å². The fourth-order valence-corrected chi connectivity index (χ4v) is 1.31. The molecule has 0 bridgehead atoms. The van der Waals surface area contributed by atoms with Gasteiger partial charge in [-0.3, -0.25) is 0 Å². The molecule has 0 unspecified atom stereocenters. The van der Waals surface area contributed by atoms with Gasteiger partial charge in [-0.1, -0.05) is 0 Å². The van der Waals surface area contributed by atoms with Gasteiger partial charge in [0.2, 0.25) is 0 Å². The monoisotopic (exact) mass is 197 g/mol. The van der Waals surface area contributed by atoms with E-state index in [4.69, 9.17) is 10.5 Å². The van der Waals surface area contributed by atoms with Crippen molar-refractivity contribution in [3.05, 3.63) is 29.1 Å². The standard InChI is InChI=1S/C11H16FNO/c1-4-14-11-5-7(2)10(12)6-9(11)8(3)13/h5-6,8H,4,13H2,1-3H3/t8-/m0/s1. The number of halogens is 1. The fraction of sp³-hybridized carbons (Fsp3) is 0.455. The fourth-order valence-electron chi connectivity index (χ4n) is 1.31. The lowest BCUT2D eigenvalue weighted by Crippen LogP contribution is -2.09. The van der Waals surface area contributed by atoms with E-state index in [1.54, 1.807) is 13.0 Å². The summed E-state index contributed by atoms with van der Waals surface area (Å²) in [4.78, 5) is 0. The number of benzene rings is 1. The predicted octanol–water partition coefficient (Wildman–Crippen LogP) is 2.55. The van der Waals surface area contributed by atoms with E-state index in [0.29, 0.717) is 17.9 Å². The molecule has 0 aliphatic heterocycles. The van der Waals surface area contributed by atoms with Crippen molar-refractivity contribution < 1.29 is 9.13 Å². The van der Waals surface area contributed by atoms with Gasteiger partial charge in [-0.2, -0.15) is 0 Å². The highest BCUT2D eigenvalue weighted by molar-refractivity contribution is 5.39. The van der Waals surface area contributed by atoms with Crippen LogP contribution in [0.15, 0.2) is 12.1 Å². The predicted molar refractivity (Wildman–Crippen MR) is 54.9 cm³/mol. The van der Waals surface area contributed by atoms with E-state index in [0.717, 1.165) is 5.56 Å². The molecule has 2 N–H and O–H groups in total. The molecule has 14 heavy (non-hydrogen) atoms. The van der Waals surface area contributed by atoms with E-state index in [2.05, 4.69) is 0 Å². The highest BCUT2D eigenvalue weighted by Gasteiger charge is 2.11. The maximum atomic E-state index is 13.2. The highest BCUT2D eigenvalue weighted by atomic mass is 19.1. The van der Waals surface area contributed by atoms with E-state index < -0.39 is 0 Å². The van der Waals surface area contributed by atoms with Crippen LogP contribution in [0, 0.1) is 12.7 Å². The molecule has 2 nitrogen and oxygen atoms in total. The Bertz CT molecular complexity index is 323. The van der Waals surface area contributed by atoms with Gasteiger partial charge < -0.3 is 10.5 Å². The summed E-state index contributed by atoms with van der Waals surface area (Å²) < 4.78 is 18.6. The lowest BCUT2D eigenvalue weighted by atomic mass is 10.1. The molecule has 78 valence electrons. The topological polar surface area (TPSA) is 35.2 Å². The summed E-state index contributed by atoms with van der Waals surface area (Å²) >= 11 is 0. The third-order valence-electron chi connectivity index (χ3n) is 2.08. The minimum absolute atomic E-state index is 0.216. The normalized spacial score (nSPS) is 12.6. The van der Waals surface area contributed by atoms with Crippen molar-refractivity contribution in [3.63, 3.8) is 0 Å². The number of hydrogen-bond acceptors (Lipinski definition) is 2. The third kappa shape index (κ3) is 2.23. The van der Waals surface area contributed by atoms with Crippen molar-refractivity contribution in [2.45, 2.75) is 26.8 Å². The van der Waals surface area contributed by atoms with Crippen LogP contribution in [0.4, 0.5) is 4.39 Å². The van der Waals surface area contributed by atoms with Crippen LogP contribution in [0.1, 0.15) is 31.0 Å². The summed E-state index contributed by atoms with van der Waals surface area (Å²) in [5.74, 6) is 0.446. The maximum Gasteiger partial charge on any atom is 0.126 e. The highest BCUT2D eigenvalue weighted by Crippen LogP contribution is 2.26. The molecule has 1 aromatic carbocycles.